The van der Waals surface area contributed by atoms with E-state index in [1.54, 1.807) is 17.5 Å². The van der Waals surface area contributed by atoms with Gasteiger partial charge in [-0.1, -0.05) is 198 Å². The maximum atomic E-state index is 15.1. The number of rotatable bonds is 16. The lowest BCUT2D eigenvalue weighted by molar-refractivity contribution is -0.150. The average Bonchev–Trinajstić information content (AvgIpc) is 4.06. The van der Waals surface area contributed by atoms with Gasteiger partial charge < -0.3 is 20.6 Å². The molecule has 10 rings (SSSR count). The van der Waals surface area contributed by atoms with Gasteiger partial charge in [-0.2, -0.15) is 0 Å². The van der Waals surface area contributed by atoms with Gasteiger partial charge in [0, 0.05) is 32.7 Å². The van der Waals surface area contributed by atoms with Crippen LogP contribution >= 0.6 is 34.6 Å². The van der Waals surface area contributed by atoms with E-state index < -0.39 is 40.3 Å². The van der Waals surface area contributed by atoms with Crippen molar-refractivity contribution in [1.29, 1.82) is 0 Å². The highest BCUT2D eigenvalue weighted by atomic mass is 32.2. The van der Waals surface area contributed by atoms with E-state index in [-0.39, 0.29) is 22.9 Å². The Bertz CT molecular complexity index is 3050. The van der Waals surface area contributed by atoms with Gasteiger partial charge in [-0.05, 0) is 46.8 Å². The molecule has 70 heavy (non-hydrogen) atoms. The molecule has 15 heteroatoms. The number of hydrogen-bond donors (Lipinski definition) is 3. The summed E-state index contributed by atoms with van der Waals surface area (Å²) in [5, 5.41) is 27.6. The molecule has 6 aromatic carbocycles. The van der Waals surface area contributed by atoms with Crippen molar-refractivity contribution in [2.24, 2.45) is 5.16 Å². The van der Waals surface area contributed by atoms with Crippen LogP contribution in [0.1, 0.15) is 49.6 Å². The van der Waals surface area contributed by atoms with E-state index in [0.717, 1.165) is 38.3 Å². The summed E-state index contributed by atoms with van der Waals surface area (Å²) < 4.78 is 3.96. The van der Waals surface area contributed by atoms with Crippen molar-refractivity contribution in [1.82, 2.24) is 24.8 Å². The van der Waals surface area contributed by atoms with Gasteiger partial charge in [0.25, 0.3) is 11.8 Å². The first-order valence-corrected chi connectivity index (χ1v) is 25.0. The number of aliphatic carboxylic acids is 1. The SMILES string of the molecule is Cc1snnc1/C=C\C1=C(C(=O)O)N2C(=O)C(NC(=O)/C(=N\OC(c3ccccc3)(c3ccccc3)c3ccccc3)c3csc(NC(c4ccccc4)(c4ccccc4)c4ccccc4)n3)[C@H]2SC1. The van der Waals surface area contributed by atoms with E-state index >= 15 is 4.79 Å². The number of carboxylic acid groups (broad SMARTS) is 1. The van der Waals surface area contributed by atoms with Gasteiger partial charge in [0.1, 0.15) is 34.0 Å². The quantitative estimate of drug-likeness (QED) is 0.0368. The first-order valence-electron chi connectivity index (χ1n) is 22.3. The number of carbonyl (C=O) groups is 3. The monoisotopic (exact) mass is 977 g/mol. The third kappa shape index (κ3) is 8.59. The van der Waals surface area contributed by atoms with Crippen molar-refractivity contribution >= 4 is 69.3 Å². The third-order valence-corrected chi connectivity index (χ3v) is 15.0. The number of amides is 2. The number of hydrogen-bond acceptors (Lipinski definition) is 12. The fourth-order valence-electron chi connectivity index (χ4n) is 8.93. The second kappa shape index (κ2) is 19.9. The van der Waals surface area contributed by atoms with Crippen LogP contribution in [0.2, 0.25) is 0 Å². The summed E-state index contributed by atoms with van der Waals surface area (Å²) in [6, 6.07) is 58.2. The number of nitrogens with one attached hydrogen (secondary N) is 2. The molecule has 0 saturated carbocycles. The number of benzene rings is 6. The predicted octanol–water partition coefficient (Wildman–Crippen LogP) is 9.87. The third-order valence-electron chi connectivity index (χ3n) is 12.3. The number of β-lactam (4-membered cyclic amide) rings is 1. The second-order valence-corrected chi connectivity index (χ2v) is 19.3. The van der Waals surface area contributed by atoms with Crippen molar-refractivity contribution < 1.29 is 24.3 Å². The van der Waals surface area contributed by atoms with E-state index in [4.69, 9.17) is 15.0 Å². The van der Waals surface area contributed by atoms with Crippen LogP contribution in [-0.4, -0.2) is 65.2 Å². The smallest absolute Gasteiger partial charge is 0.352 e. The largest absolute Gasteiger partial charge is 0.477 e. The topological polar surface area (TPSA) is 159 Å². The number of carboxylic acids is 1. The molecule has 0 radical (unpaired) electrons. The zero-order chi connectivity index (χ0) is 48.1. The number of aromatic nitrogens is 3. The Labute approximate surface area is 416 Å². The first-order chi connectivity index (χ1) is 34.3. The summed E-state index contributed by atoms with van der Waals surface area (Å²) in [6.07, 6.45) is 3.36. The van der Waals surface area contributed by atoms with Gasteiger partial charge in [-0.3, -0.25) is 14.5 Å². The van der Waals surface area contributed by atoms with E-state index in [9.17, 15) is 14.7 Å². The molecule has 0 bridgehead atoms. The molecular formula is C55H43N7O5S3. The first kappa shape index (κ1) is 45.8. The molecule has 2 aromatic heterocycles. The summed E-state index contributed by atoms with van der Waals surface area (Å²) >= 11 is 3.88. The molecule has 346 valence electrons. The normalized spacial score (nSPS) is 16.1. The van der Waals surface area contributed by atoms with Gasteiger partial charge in [0.2, 0.25) is 5.60 Å². The van der Waals surface area contributed by atoms with Crippen molar-refractivity contribution in [3.05, 3.63) is 254 Å². The van der Waals surface area contributed by atoms with E-state index in [2.05, 4.69) is 56.6 Å². The van der Waals surface area contributed by atoms with Crippen LogP contribution < -0.4 is 10.6 Å². The molecule has 0 aliphatic carbocycles. The molecule has 2 atom stereocenters. The molecule has 1 fully saturated rings. The highest BCUT2D eigenvalue weighted by Crippen LogP contribution is 2.44. The summed E-state index contributed by atoms with van der Waals surface area (Å²) in [6.45, 7) is 1.87. The molecule has 3 N–H and O–H groups in total. The Balaban J connectivity index is 1.07. The number of allylic oxidation sites excluding steroid dienone is 1. The summed E-state index contributed by atoms with van der Waals surface area (Å²) in [5.74, 6) is -2.31. The molecule has 2 aliphatic heterocycles. The molecule has 0 spiro atoms. The number of thioether (sulfide) groups is 1. The summed E-state index contributed by atoms with van der Waals surface area (Å²) in [5.41, 5.74) is 3.71. The van der Waals surface area contributed by atoms with Gasteiger partial charge >= 0.3 is 5.97 Å². The molecule has 4 heterocycles. The number of oxime groups is 1. The Morgan fingerprint density at radius 1 is 0.729 bits per heavy atom. The number of anilines is 1. The zero-order valence-corrected chi connectivity index (χ0v) is 39.9. The van der Waals surface area contributed by atoms with Crippen LogP contribution in [0, 0.1) is 6.92 Å². The Kier molecular flexibility index (Phi) is 13.0. The number of carbonyl (C=O) groups excluding carboxylic acids is 2. The van der Waals surface area contributed by atoms with Crippen LogP contribution in [-0.2, 0) is 30.4 Å². The minimum Gasteiger partial charge on any atom is -0.477 e. The lowest BCUT2D eigenvalue weighted by Gasteiger charge is -2.49. The lowest BCUT2D eigenvalue weighted by Crippen LogP contribution is -2.71. The van der Waals surface area contributed by atoms with Crippen molar-refractivity contribution in [3.8, 4) is 0 Å². The summed E-state index contributed by atoms with van der Waals surface area (Å²) in [4.78, 5) is 56.1. The Morgan fingerprint density at radius 2 is 1.21 bits per heavy atom. The molecule has 2 amide bonds. The summed E-state index contributed by atoms with van der Waals surface area (Å²) in [7, 11) is 0. The molecule has 2 aliphatic rings. The lowest BCUT2D eigenvalue weighted by atomic mass is 9.77. The molecule has 12 nitrogen and oxygen atoms in total. The maximum Gasteiger partial charge on any atom is 0.352 e. The highest BCUT2D eigenvalue weighted by Gasteiger charge is 2.54. The second-order valence-electron chi connectivity index (χ2n) is 16.4. The maximum absolute atomic E-state index is 15.1. The minimum absolute atomic E-state index is 0.152. The van der Waals surface area contributed by atoms with E-state index in [1.165, 1.54) is 39.5 Å². The van der Waals surface area contributed by atoms with Gasteiger partial charge in [-0.15, -0.1) is 28.2 Å². The van der Waals surface area contributed by atoms with Gasteiger partial charge in [0.15, 0.2) is 10.8 Å². The van der Waals surface area contributed by atoms with Crippen LogP contribution in [0.4, 0.5) is 5.13 Å². The molecule has 1 saturated heterocycles. The number of nitrogens with zero attached hydrogens (tertiary/aromatic N) is 5. The number of aryl methyl sites for hydroxylation is 1. The van der Waals surface area contributed by atoms with Gasteiger partial charge in [0.05, 0.1) is 0 Å². The molecule has 1 unspecified atom stereocenters. The molecular weight excluding hydrogens is 935 g/mol. The van der Waals surface area contributed by atoms with Crippen LogP contribution in [0.3, 0.4) is 0 Å². The minimum atomic E-state index is -1.37. The molecule has 8 aromatic rings. The standard InChI is InChI=1S/C55H43N7O5S3/c1-36-44(59-61-70-36)33-32-37-34-68-51-47(50(64)62(51)48(37)52(65)66)57-49(63)46(60-67-55(41-26-14-5-15-27-41,42-28-16-6-17-29-42)43-30-18-7-19-31-43)45-35-69-53(56-45)58-54(38-20-8-2-9-21-38,39-22-10-3-11-23-39)40-24-12-4-13-25-40/h2-33,35,47,51H,34H2,1H3,(H,56,58)(H,57,63)(H,65,66)/b33-32-,60-46-/t47?,51-/m1/s1. The van der Waals surface area contributed by atoms with Crippen molar-refractivity contribution in [2.75, 3.05) is 11.1 Å². The number of thiazole rings is 1. The Hall–Kier alpha value is -7.98. The number of fused-ring (bicyclic) bond motifs is 1. The fraction of sp³-hybridized carbons (Fsp3) is 0.109. The fourth-order valence-corrected chi connectivity index (χ4v) is 11.5. The van der Waals surface area contributed by atoms with E-state index in [1.807, 2.05) is 153 Å². The van der Waals surface area contributed by atoms with E-state index in [0.29, 0.717) is 16.4 Å². The average molecular weight is 978 g/mol. The van der Waals surface area contributed by atoms with Crippen LogP contribution in [0.5, 0.6) is 0 Å². The van der Waals surface area contributed by atoms with Crippen molar-refractivity contribution in [2.45, 2.75) is 29.5 Å². The predicted molar refractivity (Wildman–Crippen MR) is 275 cm³/mol. The van der Waals surface area contributed by atoms with Crippen LogP contribution in [0.15, 0.2) is 210 Å². The van der Waals surface area contributed by atoms with Gasteiger partial charge in [-0.25, -0.2) is 9.78 Å². The Morgan fingerprint density at radius 3 is 1.67 bits per heavy atom. The van der Waals surface area contributed by atoms with Crippen molar-refractivity contribution in [3.63, 3.8) is 0 Å². The zero-order valence-electron chi connectivity index (χ0n) is 37.5. The highest BCUT2D eigenvalue weighted by molar-refractivity contribution is 8.00. The van der Waals surface area contributed by atoms with Crippen LogP contribution in [0.25, 0.3) is 6.08 Å².